The van der Waals surface area contributed by atoms with E-state index in [0.717, 1.165) is 5.69 Å². The maximum atomic E-state index is 12.6. The van der Waals surface area contributed by atoms with Crippen molar-refractivity contribution in [2.75, 3.05) is 18.5 Å². The van der Waals surface area contributed by atoms with Crippen LogP contribution in [0.5, 0.6) is 0 Å². The fourth-order valence-electron chi connectivity index (χ4n) is 1.00. The molecule has 78 valence electrons. The molecule has 0 unspecified atom stereocenters. The number of hydrogen-bond donors (Lipinski definition) is 1. The fraction of sp³-hybridized carbons (Fsp3) is 0.500. The summed E-state index contributed by atoms with van der Waals surface area (Å²) in [5.74, 6) is -0.472. The van der Waals surface area contributed by atoms with Crippen LogP contribution >= 0.6 is 0 Å². The zero-order chi connectivity index (χ0) is 10.4. The molecule has 0 saturated carbocycles. The molecule has 1 N–H and O–H groups in total. The van der Waals surface area contributed by atoms with Crippen molar-refractivity contribution >= 4 is 5.69 Å². The summed E-state index contributed by atoms with van der Waals surface area (Å²) in [4.78, 5) is 3.46. The topological polar surface area (TPSA) is 34.1 Å². The Morgan fingerprint density at radius 3 is 3.00 bits per heavy atom. The molecule has 3 nitrogen and oxygen atoms in total. The number of pyridine rings is 1. The minimum atomic E-state index is -0.472. The van der Waals surface area contributed by atoms with Gasteiger partial charge in [0.15, 0.2) is 0 Å². The third-order valence-electron chi connectivity index (χ3n) is 1.61. The van der Waals surface area contributed by atoms with Gasteiger partial charge in [-0.15, -0.1) is 0 Å². The van der Waals surface area contributed by atoms with E-state index in [4.69, 9.17) is 4.74 Å². The predicted molar refractivity (Wildman–Crippen MR) is 53.8 cm³/mol. The molecule has 0 aromatic carbocycles. The van der Waals surface area contributed by atoms with Gasteiger partial charge in [0.05, 0.1) is 12.7 Å². The van der Waals surface area contributed by atoms with Crippen LogP contribution in [0.1, 0.15) is 13.8 Å². The number of nitrogens with one attached hydrogen (secondary N) is 1. The van der Waals surface area contributed by atoms with Crippen LogP contribution < -0.4 is 5.32 Å². The highest BCUT2D eigenvalue weighted by Gasteiger charge is 1.95. The lowest BCUT2D eigenvalue weighted by molar-refractivity contribution is 0.0870. The van der Waals surface area contributed by atoms with E-state index in [9.17, 15) is 4.39 Å². The SMILES string of the molecule is CC(C)OCCNc1ccnc(F)c1. The summed E-state index contributed by atoms with van der Waals surface area (Å²) in [7, 11) is 0. The highest BCUT2D eigenvalue weighted by molar-refractivity contribution is 5.40. The number of aromatic nitrogens is 1. The van der Waals surface area contributed by atoms with Gasteiger partial charge in [-0.25, -0.2) is 4.98 Å². The molecule has 0 aliphatic rings. The first kappa shape index (κ1) is 10.9. The highest BCUT2D eigenvalue weighted by atomic mass is 19.1. The smallest absolute Gasteiger partial charge is 0.214 e. The van der Waals surface area contributed by atoms with Crippen LogP contribution in [0.3, 0.4) is 0 Å². The van der Waals surface area contributed by atoms with Crippen molar-refractivity contribution in [3.63, 3.8) is 0 Å². The van der Waals surface area contributed by atoms with Crippen LogP contribution in [0, 0.1) is 5.95 Å². The first-order valence-electron chi connectivity index (χ1n) is 4.65. The average Bonchev–Trinajstić information content (AvgIpc) is 2.12. The molecule has 1 heterocycles. The molecule has 1 aromatic rings. The van der Waals surface area contributed by atoms with Gasteiger partial charge in [0.2, 0.25) is 5.95 Å². The van der Waals surface area contributed by atoms with E-state index in [-0.39, 0.29) is 6.10 Å². The number of rotatable bonds is 5. The van der Waals surface area contributed by atoms with Crippen molar-refractivity contribution in [1.82, 2.24) is 4.98 Å². The Labute approximate surface area is 83.3 Å². The molecule has 0 spiro atoms. The third kappa shape index (κ3) is 4.18. The van der Waals surface area contributed by atoms with E-state index < -0.39 is 5.95 Å². The minimum Gasteiger partial charge on any atom is -0.383 e. The standard InChI is InChI=1S/C10H15FN2O/c1-8(2)14-6-5-12-9-3-4-13-10(11)7-9/h3-4,7-8H,5-6H2,1-2H3,(H,12,13). The van der Waals surface area contributed by atoms with E-state index in [2.05, 4.69) is 10.3 Å². The zero-order valence-electron chi connectivity index (χ0n) is 8.46. The van der Waals surface area contributed by atoms with Gasteiger partial charge in [-0.2, -0.15) is 4.39 Å². The Bertz CT molecular complexity index is 279. The summed E-state index contributed by atoms with van der Waals surface area (Å²) in [6, 6.07) is 3.08. The predicted octanol–water partition coefficient (Wildman–Crippen LogP) is 2.06. The molecular weight excluding hydrogens is 183 g/mol. The van der Waals surface area contributed by atoms with Gasteiger partial charge in [0.1, 0.15) is 0 Å². The maximum absolute atomic E-state index is 12.6. The van der Waals surface area contributed by atoms with Gasteiger partial charge in [-0.3, -0.25) is 0 Å². The zero-order valence-corrected chi connectivity index (χ0v) is 8.46. The Balaban J connectivity index is 2.25. The largest absolute Gasteiger partial charge is 0.383 e. The number of anilines is 1. The number of hydrogen-bond acceptors (Lipinski definition) is 3. The van der Waals surface area contributed by atoms with E-state index in [1.807, 2.05) is 13.8 Å². The van der Waals surface area contributed by atoms with E-state index >= 15 is 0 Å². The van der Waals surface area contributed by atoms with Crippen LogP contribution in [0.15, 0.2) is 18.3 Å². The Morgan fingerprint density at radius 2 is 2.36 bits per heavy atom. The normalized spacial score (nSPS) is 10.6. The van der Waals surface area contributed by atoms with Gasteiger partial charge in [-0.1, -0.05) is 0 Å². The second kappa shape index (κ2) is 5.54. The van der Waals surface area contributed by atoms with E-state index in [0.29, 0.717) is 13.2 Å². The van der Waals surface area contributed by atoms with Crippen LogP contribution in [-0.2, 0) is 4.74 Å². The summed E-state index contributed by atoms with van der Waals surface area (Å²) in [5.41, 5.74) is 0.727. The second-order valence-corrected chi connectivity index (χ2v) is 3.21. The lowest BCUT2D eigenvalue weighted by Gasteiger charge is -2.09. The van der Waals surface area contributed by atoms with Gasteiger partial charge < -0.3 is 10.1 Å². The van der Waals surface area contributed by atoms with Crippen molar-refractivity contribution in [1.29, 1.82) is 0 Å². The quantitative estimate of drug-likeness (QED) is 0.581. The molecule has 0 atom stereocenters. The van der Waals surface area contributed by atoms with Gasteiger partial charge in [0.25, 0.3) is 0 Å². The summed E-state index contributed by atoms with van der Waals surface area (Å²) >= 11 is 0. The van der Waals surface area contributed by atoms with Gasteiger partial charge in [0, 0.05) is 24.5 Å². The molecule has 1 rings (SSSR count). The Kier molecular flexibility index (Phi) is 4.32. The molecule has 0 bridgehead atoms. The van der Waals surface area contributed by atoms with Crippen LogP contribution in [0.25, 0.3) is 0 Å². The van der Waals surface area contributed by atoms with Crippen molar-refractivity contribution in [3.8, 4) is 0 Å². The fourth-order valence-corrected chi connectivity index (χ4v) is 1.00. The molecule has 14 heavy (non-hydrogen) atoms. The lowest BCUT2D eigenvalue weighted by atomic mass is 10.4. The molecule has 0 aliphatic heterocycles. The number of halogens is 1. The summed E-state index contributed by atoms with van der Waals surface area (Å²) in [6.45, 7) is 5.24. The third-order valence-corrected chi connectivity index (χ3v) is 1.61. The van der Waals surface area contributed by atoms with Crippen molar-refractivity contribution < 1.29 is 9.13 Å². The number of ether oxygens (including phenoxy) is 1. The van der Waals surface area contributed by atoms with Crippen LogP contribution in [0.4, 0.5) is 10.1 Å². The van der Waals surface area contributed by atoms with Crippen LogP contribution in [0.2, 0.25) is 0 Å². The summed E-state index contributed by atoms with van der Waals surface area (Å²) in [6.07, 6.45) is 1.66. The lowest BCUT2D eigenvalue weighted by Crippen LogP contribution is -2.13. The molecular formula is C10H15FN2O. The van der Waals surface area contributed by atoms with Crippen molar-refractivity contribution in [3.05, 3.63) is 24.3 Å². The maximum Gasteiger partial charge on any atom is 0.214 e. The van der Waals surface area contributed by atoms with Crippen molar-refractivity contribution in [2.45, 2.75) is 20.0 Å². The van der Waals surface area contributed by atoms with Gasteiger partial charge >= 0.3 is 0 Å². The molecule has 4 heteroatoms. The average molecular weight is 198 g/mol. The Hall–Kier alpha value is -1.16. The van der Waals surface area contributed by atoms with Crippen molar-refractivity contribution in [2.24, 2.45) is 0 Å². The van der Waals surface area contributed by atoms with Crippen LogP contribution in [-0.4, -0.2) is 24.2 Å². The molecule has 0 fully saturated rings. The van der Waals surface area contributed by atoms with E-state index in [1.54, 1.807) is 6.07 Å². The summed E-state index contributed by atoms with van der Waals surface area (Å²) < 4.78 is 17.9. The first-order valence-corrected chi connectivity index (χ1v) is 4.65. The van der Waals surface area contributed by atoms with E-state index in [1.165, 1.54) is 12.3 Å². The minimum absolute atomic E-state index is 0.228. The number of nitrogens with zero attached hydrogens (tertiary/aromatic N) is 1. The second-order valence-electron chi connectivity index (χ2n) is 3.21. The first-order chi connectivity index (χ1) is 6.68. The highest BCUT2D eigenvalue weighted by Crippen LogP contribution is 2.05. The molecule has 0 radical (unpaired) electrons. The monoisotopic (exact) mass is 198 g/mol. The molecule has 1 aromatic heterocycles. The van der Waals surface area contributed by atoms with Gasteiger partial charge in [-0.05, 0) is 19.9 Å². The molecule has 0 amide bonds. The molecule has 0 saturated heterocycles. The Morgan fingerprint density at radius 1 is 1.57 bits per heavy atom. The molecule has 0 aliphatic carbocycles. The summed E-state index contributed by atoms with van der Waals surface area (Å²) in [5, 5.41) is 3.04.